The van der Waals surface area contributed by atoms with Gasteiger partial charge in [-0.15, -0.1) is 0 Å². The zero-order chi connectivity index (χ0) is 19.2. The van der Waals surface area contributed by atoms with E-state index in [-0.39, 0.29) is 5.91 Å². The van der Waals surface area contributed by atoms with E-state index in [1.165, 1.54) is 0 Å². The van der Waals surface area contributed by atoms with Gasteiger partial charge in [0.05, 0.1) is 5.69 Å². The van der Waals surface area contributed by atoms with Crippen LogP contribution in [0.2, 0.25) is 0 Å². The first kappa shape index (κ1) is 17.5. The van der Waals surface area contributed by atoms with E-state index < -0.39 is 0 Å². The molecule has 28 heavy (non-hydrogen) atoms. The molecule has 6 heteroatoms. The third-order valence-corrected chi connectivity index (χ3v) is 4.10. The first-order valence-corrected chi connectivity index (χ1v) is 8.82. The lowest BCUT2D eigenvalue weighted by Gasteiger charge is -2.09. The van der Waals surface area contributed by atoms with E-state index in [2.05, 4.69) is 15.4 Å². The second-order valence-electron chi connectivity index (χ2n) is 6.11. The molecular formula is C22H18N4O2. The van der Waals surface area contributed by atoms with Gasteiger partial charge in [0.2, 0.25) is 5.88 Å². The molecule has 6 nitrogen and oxygen atoms in total. The zero-order valence-electron chi connectivity index (χ0n) is 15.0. The van der Waals surface area contributed by atoms with Crippen LogP contribution >= 0.6 is 0 Å². The van der Waals surface area contributed by atoms with Crippen molar-refractivity contribution < 1.29 is 9.53 Å². The number of benzene rings is 2. The van der Waals surface area contributed by atoms with Gasteiger partial charge in [-0.1, -0.05) is 36.4 Å². The van der Waals surface area contributed by atoms with Crippen LogP contribution in [0.25, 0.3) is 5.69 Å². The van der Waals surface area contributed by atoms with Crippen molar-refractivity contribution in [1.82, 2.24) is 14.8 Å². The zero-order valence-corrected chi connectivity index (χ0v) is 15.0. The monoisotopic (exact) mass is 370 g/mol. The van der Waals surface area contributed by atoms with Crippen LogP contribution in [0.1, 0.15) is 15.9 Å². The molecule has 2 aromatic heterocycles. The number of nitrogens with one attached hydrogen (secondary N) is 1. The van der Waals surface area contributed by atoms with E-state index in [1.54, 1.807) is 29.2 Å². The molecular weight excluding hydrogens is 352 g/mol. The first-order chi connectivity index (χ1) is 13.8. The largest absolute Gasteiger partial charge is 0.473 e. The fourth-order valence-electron chi connectivity index (χ4n) is 2.71. The van der Waals surface area contributed by atoms with Gasteiger partial charge in [0.15, 0.2) is 0 Å². The van der Waals surface area contributed by atoms with Gasteiger partial charge in [0.1, 0.15) is 6.61 Å². The number of ether oxygens (including phenoxy) is 1. The molecule has 0 aliphatic carbocycles. The third-order valence-electron chi connectivity index (χ3n) is 4.10. The molecule has 4 rings (SSSR count). The van der Waals surface area contributed by atoms with Crippen molar-refractivity contribution in [2.75, 3.05) is 5.32 Å². The summed E-state index contributed by atoms with van der Waals surface area (Å²) in [6.45, 7) is 0.394. The third kappa shape index (κ3) is 4.24. The molecule has 1 amide bonds. The minimum Gasteiger partial charge on any atom is -0.473 e. The van der Waals surface area contributed by atoms with Crippen LogP contribution in [0, 0.1) is 0 Å². The fraction of sp³-hybridized carbons (Fsp3) is 0.0455. The number of amides is 1. The van der Waals surface area contributed by atoms with Crippen LogP contribution in [-0.4, -0.2) is 20.7 Å². The number of aromatic nitrogens is 3. The lowest BCUT2D eigenvalue weighted by molar-refractivity contribution is 0.102. The molecule has 0 radical (unpaired) electrons. The smallest absolute Gasteiger partial charge is 0.255 e. The quantitative estimate of drug-likeness (QED) is 0.555. The molecule has 138 valence electrons. The molecule has 2 heterocycles. The summed E-state index contributed by atoms with van der Waals surface area (Å²) >= 11 is 0. The number of nitrogens with zero attached hydrogens (tertiary/aromatic N) is 3. The van der Waals surface area contributed by atoms with E-state index >= 15 is 0 Å². The van der Waals surface area contributed by atoms with Crippen LogP contribution in [-0.2, 0) is 6.61 Å². The molecule has 1 N–H and O–H groups in total. The molecule has 0 fully saturated rings. The Morgan fingerprint density at radius 3 is 2.68 bits per heavy atom. The Kier molecular flexibility index (Phi) is 5.11. The van der Waals surface area contributed by atoms with Gasteiger partial charge in [0.25, 0.3) is 5.91 Å². The number of hydrogen-bond acceptors (Lipinski definition) is 4. The number of hydrogen-bond donors (Lipinski definition) is 1. The van der Waals surface area contributed by atoms with Crippen molar-refractivity contribution in [3.05, 3.63) is 103 Å². The summed E-state index contributed by atoms with van der Waals surface area (Å²) in [6, 6.07) is 22.4. The maximum atomic E-state index is 12.6. The molecule has 0 saturated carbocycles. The van der Waals surface area contributed by atoms with E-state index in [9.17, 15) is 4.79 Å². The van der Waals surface area contributed by atoms with Gasteiger partial charge < -0.3 is 10.1 Å². The van der Waals surface area contributed by atoms with Crippen LogP contribution in [0.4, 0.5) is 5.69 Å². The van der Waals surface area contributed by atoms with E-state index in [0.29, 0.717) is 23.7 Å². The van der Waals surface area contributed by atoms with Gasteiger partial charge in [-0.3, -0.25) is 4.79 Å². The highest BCUT2D eigenvalue weighted by Crippen LogP contribution is 2.17. The minimum atomic E-state index is -0.232. The first-order valence-electron chi connectivity index (χ1n) is 8.82. The molecule has 0 bridgehead atoms. The molecule has 0 saturated heterocycles. The highest BCUT2D eigenvalue weighted by molar-refractivity contribution is 6.04. The van der Waals surface area contributed by atoms with Crippen molar-refractivity contribution in [1.29, 1.82) is 0 Å². The summed E-state index contributed by atoms with van der Waals surface area (Å²) in [5.74, 6) is 0.173. The van der Waals surface area contributed by atoms with Crippen molar-refractivity contribution >= 4 is 11.6 Å². The summed E-state index contributed by atoms with van der Waals surface area (Å²) in [7, 11) is 0. The average Bonchev–Trinajstić information content (AvgIpc) is 3.28. The summed E-state index contributed by atoms with van der Waals surface area (Å²) in [4.78, 5) is 16.8. The van der Waals surface area contributed by atoms with Crippen LogP contribution in [0.3, 0.4) is 0 Å². The number of carbonyl (C=O) groups excluding carboxylic acids is 1. The topological polar surface area (TPSA) is 69.0 Å². The van der Waals surface area contributed by atoms with Gasteiger partial charge in [0, 0.05) is 35.9 Å². The molecule has 0 spiro atoms. The molecule has 0 aliphatic heterocycles. The summed E-state index contributed by atoms with van der Waals surface area (Å²) in [5, 5.41) is 7.10. The van der Waals surface area contributed by atoms with Crippen molar-refractivity contribution in [3.8, 4) is 11.6 Å². The minimum absolute atomic E-state index is 0.232. The fourth-order valence-corrected chi connectivity index (χ4v) is 2.71. The maximum absolute atomic E-state index is 12.6. The summed E-state index contributed by atoms with van der Waals surface area (Å²) in [6.07, 6.45) is 5.12. The van der Waals surface area contributed by atoms with Crippen LogP contribution < -0.4 is 10.1 Å². The van der Waals surface area contributed by atoms with Crippen LogP contribution in [0.15, 0.2) is 91.4 Å². The summed E-state index contributed by atoms with van der Waals surface area (Å²) in [5.41, 5.74) is 3.06. The van der Waals surface area contributed by atoms with Crippen molar-refractivity contribution in [2.45, 2.75) is 6.61 Å². The van der Waals surface area contributed by atoms with E-state index in [0.717, 1.165) is 11.3 Å². The lowest BCUT2D eigenvalue weighted by atomic mass is 10.2. The Labute approximate surface area is 162 Å². The van der Waals surface area contributed by atoms with Gasteiger partial charge >= 0.3 is 0 Å². The second kappa shape index (κ2) is 8.18. The summed E-state index contributed by atoms with van der Waals surface area (Å²) < 4.78 is 7.43. The van der Waals surface area contributed by atoms with Crippen molar-refractivity contribution in [2.24, 2.45) is 0 Å². The van der Waals surface area contributed by atoms with Crippen molar-refractivity contribution in [3.63, 3.8) is 0 Å². The highest BCUT2D eigenvalue weighted by Gasteiger charge is 2.09. The number of carbonyl (C=O) groups is 1. The van der Waals surface area contributed by atoms with Gasteiger partial charge in [-0.25, -0.2) is 9.67 Å². The Balaban J connectivity index is 1.44. The Bertz CT molecular complexity index is 1060. The second-order valence-corrected chi connectivity index (χ2v) is 6.11. The Morgan fingerprint density at radius 1 is 0.964 bits per heavy atom. The highest BCUT2D eigenvalue weighted by atomic mass is 16.5. The molecule has 2 aromatic carbocycles. The molecule has 0 unspecified atom stereocenters. The predicted octanol–water partition coefficient (Wildman–Crippen LogP) is 4.10. The maximum Gasteiger partial charge on any atom is 0.255 e. The Morgan fingerprint density at radius 2 is 1.86 bits per heavy atom. The average molecular weight is 370 g/mol. The van der Waals surface area contributed by atoms with E-state index in [1.807, 2.05) is 66.9 Å². The number of anilines is 1. The van der Waals surface area contributed by atoms with Gasteiger partial charge in [-0.2, -0.15) is 5.10 Å². The standard InChI is InChI=1S/C22H18N4O2/c27-22(25-19-8-4-9-20(15-19)26-13-5-11-24-26)18-10-12-23-21(14-18)28-16-17-6-2-1-3-7-17/h1-15H,16H2,(H,25,27). The molecule has 0 atom stereocenters. The number of rotatable bonds is 6. The SMILES string of the molecule is O=C(Nc1cccc(-n2cccn2)c1)c1ccnc(OCc2ccccc2)c1. The predicted molar refractivity (Wildman–Crippen MR) is 107 cm³/mol. The lowest BCUT2D eigenvalue weighted by Crippen LogP contribution is -2.12. The van der Waals surface area contributed by atoms with E-state index in [4.69, 9.17) is 4.74 Å². The molecule has 4 aromatic rings. The normalized spacial score (nSPS) is 10.4. The molecule has 0 aliphatic rings. The van der Waals surface area contributed by atoms with Gasteiger partial charge in [-0.05, 0) is 35.9 Å². The van der Waals surface area contributed by atoms with Crippen LogP contribution in [0.5, 0.6) is 5.88 Å². The Hall–Kier alpha value is -3.93. The number of pyridine rings is 1.